The van der Waals surface area contributed by atoms with Crippen molar-refractivity contribution >= 4 is 29.9 Å². The first kappa shape index (κ1) is 22.9. The van der Waals surface area contributed by atoms with E-state index in [9.17, 15) is 4.39 Å². The monoisotopic (exact) mass is 507 g/mol. The van der Waals surface area contributed by atoms with E-state index in [2.05, 4.69) is 45.8 Å². The fourth-order valence-electron chi connectivity index (χ4n) is 3.12. The SMILES string of the molecule is CN=C(NCCc1ccc(F)cc1)NCc1ccccc1-n1nc(C)cc1C.I. The quantitative estimate of drug-likeness (QED) is 0.300. The Hall–Kier alpha value is -2.42. The maximum Gasteiger partial charge on any atom is 0.191 e. The number of halogens is 2. The van der Waals surface area contributed by atoms with E-state index in [0.717, 1.165) is 40.6 Å². The Morgan fingerprint density at radius 1 is 1.07 bits per heavy atom. The second-order valence-corrected chi connectivity index (χ2v) is 6.70. The van der Waals surface area contributed by atoms with Crippen LogP contribution < -0.4 is 10.6 Å². The molecule has 0 unspecified atom stereocenters. The summed E-state index contributed by atoms with van der Waals surface area (Å²) < 4.78 is 15.0. The van der Waals surface area contributed by atoms with Gasteiger partial charge in [-0.1, -0.05) is 30.3 Å². The Balaban J connectivity index is 0.00000300. The summed E-state index contributed by atoms with van der Waals surface area (Å²) in [5, 5.41) is 11.2. The van der Waals surface area contributed by atoms with Gasteiger partial charge in [0.15, 0.2) is 5.96 Å². The zero-order valence-corrected chi connectivity index (χ0v) is 19.3. The van der Waals surface area contributed by atoms with Crippen LogP contribution in [0.25, 0.3) is 5.69 Å². The van der Waals surface area contributed by atoms with E-state index in [1.807, 2.05) is 23.7 Å². The molecule has 1 aromatic heterocycles. The number of guanidine groups is 1. The smallest absolute Gasteiger partial charge is 0.191 e. The van der Waals surface area contributed by atoms with Crippen molar-refractivity contribution in [2.75, 3.05) is 13.6 Å². The van der Waals surface area contributed by atoms with Crippen molar-refractivity contribution in [3.8, 4) is 5.69 Å². The second kappa shape index (κ2) is 10.9. The van der Waals surface area contributed by atoms with Crippen LogP contribution in [-0.2, 0) is 13.0 Å². The van der Waals surface area contributed by atoms with Crippen molar-refractivity contribution in [2.24, 2.45) is 4.99 Å². The molecule has 0 fully saturated rings. The number of aromatic nitrogens is 2. The summed E-state index contributed by atoms with van der Waals surface area (Å²) in [6, 6.07) is 16.8. The summed E-state index contributed by atoms with van der Waals surface area (Å²) in [6.45, 7) is 5.40. The molecule has 0 bridgehead atoms. The van der Waals surface area contributed by atoms with Crippen LogP contribution in [0.1, 0.15) is 22.5 Å². The number of rotatable bonds is 6. The number of nitrogens with one attached hydrogen (secondary N) is 2. The van der Waals surface area contributed by atoms with E-state index in [4.69, 9.17) is 0 Å². The number of benzene rings is 2. The zero-order chi connectivity index (χ0) is 19.9. The fourth-order valence-corrected chi connectivity index (χ4v) is 3.12. The highest BCUT2D eigenvalue weighted by Gasteiger charge is 2.09. The van der Waals surface area contributed by atoms with Gasteiger partial charge in [0.2, 0.25) is 0 Å². The van der Waals surface area contributed by atoms with Gasteiger partial charge in [-0.05, 0) is 55.7 Å². The molecule has 0 radical (unpaired) electrons. The van der Waals surface area contributed by atoms with Gasteiger partial charge in [0, 0.05) is 25.8 Å². The van der Waals surface area contributed by atoms with Crippen LogP contribution >= 0.6 is 24.0 Å². The molecule has 3 rings (SSSR count). The van der Waals surface area contributed by atoms with Gasteiger partial charge in [-0.2, -0.15) is 5.10 Å². The first-order valence-electron chi connectivity index (χ1n) is 9.37. The number of hydrogen-bond donors (Lipinski definition) is 2. The molecule has 5 nitrogen and oxygen atoms in total. The molecular weight excluding hydrogens is 480 g/mol. The predicted molar refractivity (Wildman–Crippen MR) is 127 cm³/mol. The highest BCUT2D eigenvalue weighted by molar-refractivity contribution is 14.0. The molecule has 0 saturated heterocycles. The van der Waals surface area contributed by atoms with Gasteiger partial charge in [-0.15, -0.1) is 24.0 Å². The summed E-state index contributed by atoms with van der Waals surface area (Å²) in [4.78, 5) is 4.28. The van der Waals surface area contributed by atoms with Crippen LogP contribution in [0.2, 0.25) is 0 Å². The highest BCUT2D eigenvalue weighted by Crippen LogP contribution is 2.16. The predicted octanol–water partition coefficient (Wildman–Crippen LogP) is 4.15. The molecule has 154 valence electrons. The molecule has 0 aliphatic carbocycles. The van der Waals surface area contributed by atoms with Crippen LogP contribution in [-0.4, -0.2) is 29.3 Å². The Morgan fingerprint density at radius 3 is 2.45 bits per heavy atom. The summed E-state index contributed by atoms with van der Waals surface area (Å²) in [7, 11) is 1.75. The second-order valence-electron chi connectivity index (χ2n) is 6.70. The van der Waals surface area contributed by atoms with Crippen LogP contribution in [0, 0.1) is 19.7 Å². The topological polar surface area (TPSA) is 54.2 Å². The molecule has 1 heterocycles. The van der Waals surface area contributed by atoms with E-state index in [1.54, 1.807) is 19.2 Å². The van der Waals surface area contributed by atoms with E-state index in [1.165, 1.54) is 12.1 Å². The molecule has 0 amide bonds. The minimum Gasteiger partial charge on any atom is -0.356 e. The molecule has 3 aromatic rings. The molecule has 7 heteroatoms. The number of hydrogen-bond acceptors (Lipinski definition) is 2. The molecular formula is C22H27FIN5. The van der Waals surface area contributed by atoms with Gasteiger partial charge < -0.3 is 10.6 Å². The number of aliphatic imine (C=N–C) groups is 1. The third-order valence-corrected chi connectivity index (χ3v) is 4.52. The van der Waals surface area contributed by atoms with Crippen molar-refractivity contribution in [3.05, 3.63) is 82.9 Å². The van der Waals surface area contributed by atoms with Crippen LogP contribution in [0.5, 0.6) is 0 Å². The Labute approximate surface area is 188 Å². The molecule has 0 atom stereocenters. The lowest BCUT2D eigenvalue weighted by Gasteiger charge is -2.15. The van der Waals surface area contributed by atoms with E-state index in [0.29, 0.717) is 13.1 Å². The van der Waals surface area contributed by atoms with Gasteiger partial charge >= 0.3 is 0 Å². The Morgan fingerprint density at radius 2 is 1.79 bits per heavy atom. The average molecular weight is 507 g/mol. The average Bonchev–Trinajstić information content (AvgIpc) is 3.04. The maximum atomic E-state index is 13.0. The van der Waals surface area contributed by atoms with Crippen LogP contribution in [0.15, 0.2) is 59.6 Å². The molecule has 0 saturated carbocycles. The lowest BCUT2D eigenvalue weighted by Crippen LogP contribution is -2.38. The van der Waals surface area contributed by atoms with Gasteiger partial charge in [-0.3, -0.25) is 4.99 Å². The minimum atomic E-state index is -0.213. The van der Waals surface area contributed by atoms with E-state index < -0.39 is 0 Å². The third kappa shape index (κ3) is 6.28. The molecule has 0 aliphatic rings. The standard InChI is InChI=1S/C22H26FN5.HI/c1-16-14-17(2)28(27-16)21-7-5-4-6-19(21)15-26-22(24-3)25-13-12-18-8-10-20(23)11-9-18;/h4-11,14H,12-13,15H2,1-3H3,(H2,24,25,26);1H. The number of para-hydroxylation sites is 1. The molecule has 29 heavy (non-hydrogen) atoms. The lowest BCUT2D eigenvalue weighted by atomic mass is 10.1. The fraction of sp³-hybridized carbons (Fsp3) is 0.273. The lowest BCUT2D eigenvalue weighted by molar-refractivity contribution is 0.626. The first-order valence-corrected chi connectivity index (χ1v) is 9.37. The summed E-state index contributed by atoms with van der Waals surface area (Å²) in [5.74, 6) is 0.515. The maximum absolute atomic E-state index is 13.0. The number of nitrogens with zero attached hydrogens (tertiary/aromatic N) is 3. The van der Waals surface area contributed by atoms with Crippen molar-refractivity contribution in [1.82, 2.24) is 20.4 Å². The van der Waals surface area contributed by atoms with Crippen molar-refractivity contribution in [3.63, 3.8) is 0 Å². The minimum absolute atomic E-state index is 0. The molecule has 2 N–H and O–H groups in total. The van der Waals surface area contributed by atoms with Gasteiger partial charge in [0.1, 0.15) is 5.82 Å². The summed E-state index contributed by atoms with van der Waals surface area (Å²) >= 11 is 0. The highest BCUT2D eigenvalue weighted by atomic mass is 127. The van der Waals surface area contributed by atoms with Gasteiger partial charge in [-0.25, -0.2) is 9.07 Å². The molecule has 0 aliphatic heterocycles. The molecule has 2 aromatic carbocycles. The number of aryl methyl sites for hydroxylation is 2. The third-order valence-electron chi connectivity index (χ3n) is 4.52. The molecule has 0 spiro atoms. The van der Waals surface area contributed by atoms with Crippen molar-refractivity contribution in [2.45, 2.75) is 26.8 Å². The Kier molecular flexibility index (Phi) is 8.63. The normalized spacial score (nSPS) is 11.1. The van der Waals surface area contributed by atoms with Crippen molar-refractivity contribution < 1.29 is 4.39 Å². The van der Waals surface area contributed by atoms with Crippen molar-refractivity contribution in [1.29, 1.82) is 0 Å². The summed E-state index contributed by atoms with van der Waals surface area (Å²) in [6.07, 6.45) is 0.795. The largest absolute Gasteiger partial charge is 0.356 e. The van der Waals surface area contributed by atoms with E-state index in [-0.39, 0.29) is 29.8 Å². The van der Waals surface area contributed by atoms with E-state index >= 15 is 0 Å². The van der Waals surface area contributed by atoms with Gasteiger partial charge in [0.05, 0.1) is 11.4 Å². The zero-order valence-electron chi connectivity index (χ0n) is 16.9. The Bertz CT molecular complexity index is 950. The van der Waals surface area contributed by atoms with Gasteiger partial charge in [0.25, 0.3) is 0 Å². The van der Waals surface area contributed by atoms with Crippen LogP contribution in [0.3, 0.4) is 0 Å². The first-order chi connectivity index (χ1) is 13.6. The summed E-state index contributed by atoms with van der Waals surface area (Å²) in [5.41, 5.74) is 5.38. The van der Waals surface area contributed by atoms with Crippen LogP contribution in [0.4, 0.5) is 4.39 Å².